The van der Waals surface area contributed by atoms with E-state index in [4.69, 9.17) is 16.7 Å². The van der Waals surface area contributed by atoms with Crippen LogP contribution in [0.3, 0.4) is 0 Å². The van der Waals surface area contributed by atoms with Crippen LogP contribution in [-0.2, 0) is 4.79 Å². The van der Waals surface area contributed by atoms with Crippen molar-refractivity contribution in [2.24, 2.45) is 5.92 Å². The van der Waals surface area contributed by atoms with Gasteiger partial charge >= 0.3 is 5.97 Å². The Morgan fingerprint density at radius 1 is 1.35 bits per heavy atom. The number of thiazole rings is 1. The summed E-state index contributed by atoms with van der Waals surface area (Å²) in [6.07, 6.45) is 1.77. The lowest BCUT2D eigenvalue weighted by molar-refractivity contribution is -0.141. The summed E-state index contributed by atoms with van der Waals surface area (Å²) in [6, 6.07) is 7.21. The highest BCUT2D eigenvalue weighted by Crippen LogP contribution is 2.28. The fraction of sp³-hybridized carbons (Fsp3) is 0.312. The van der Waals surface area contributed by atoms with Gasteiger partial charge in [-0.05, 0) is 31.4 Å². The van der Waals surface area contributed by atoms with Gasteiger partial charge < -0.3 is 10.4 Å². The van der Waals surface area contributed by atoms with Crippen LogP contribution in [0.1, 0.15) is 29.8 Å². The number of halogens is 1. The number of aliphatic carboxylic acids is 1. The zero-order valence-electron chi connectivity index (χ0n) is 12.2. The number of aromatic nitrogens is 1. The van der Waals surface area contributed by atoms with Crippen LogP contribution in [-0.4, -0.2) is 28.0 Å². The second-order valence-corrected chi connectivity index (χ2v) is 6.86. The Morgan fingerprint density at radius 2 is 2.17 bits per heavy atom. The van der Waals surface area contributed by atoms with Crippen molar-refractivity contribution in [3.8, 4) is 10.6 Å². The van der Waals surface area contributed by atoms with Gasteiger partial charge in [-0.15, -0.1) is 11.3 Å². The Hall–Kier alpha value is -1.92. The van der Waals surface area contributed by atoms with Gasteiger partial charge in [0.2, 0.25) is 0 Å². The summed E-state index contributed by atoms with van der Waals surface area (Å²) in [6.45, 7) is 0. The zero-order chi connectivity index (χ0) is 16.4. The van der Waals surface area contributed by atoms with Gasteiger partial charge in [0.1, 0.15) is 10.7 Å². The minimum atomic E-state index is -0.793. The number of nitrogens with one attached hydrogen (secondary N) is 1. The molecule has 0 spiro atoms. The molecule has 1 aliphatic carbocycles. The first-order chi connectivity index (χ1) is 11.0. The van der Waals surface area contributed by atoms with Gasteiger partial charge in [-0.3, -0.25) is 9.59 Å². The Bertz CT molecular complexity index is 746. The number of carboxylic acids is 1. The Balaban J connectivity index is 1.66. The Kier molecular flexibility index (Phi) is 4.63. The smallest absolute Gasteiger partial charge is 0.306 e. The maximum atomic E-state index is 12.2. The summed E-state index contributed by atoms with van der Waals surface area (Å²) in [7, 11) is 0. The largest absolute Gasteiger partial charge is 0.481 e. The third-order valence-electron chi connectivity index (χ3n) is 3.93. The molecule has 0 aliphatic heterocycles. The van der Waals surface area contributed by atoms with E-state index in [1.54, 1.807) is 17.5 Å². The van der Waals surface area contributed by atoms with E-state index >= 15 is 0 Å². The number of amides is 1. The first-order valence-electron chi connectivity index (χ1n) is 7.28. The van der Waals surface area contributed by atoms with Crippen molar-refractivity contribution in [3.05, 3.63) is 40.4 Å². The molecule has 0 unspecified atom stereocenters. The van der Waals surface area contributed by atoms with Crippen molar-refractivity contribution in [2.75, 3.05) is 0 Å². The highest BCUT2D eigenvalue weighted by atomic mass is 35.5. The van der Waals surface area contributed by atoms with E-state index in [1.165, 1.54) is 11.3 Å². The van der Waals surface area contributed by atoms with Gasteiger partial charge in [-0.2, -0.15) is 0 Å². The van der Waals surface area contributed by atoms with E-state index in [9.17, 15) is 9.59 Å². The molecule has 1 fully saturated rings. The number of carbonyl (C=O) groups is 2. The molecular formula is C16H15ClN2O3S. The second-order valence-electron chi connectivity index (χ2n) is 5.57. The minimum absolute atomic E-state index is 0.0973. The predicted molar refractivity (Wildman–Crippen MR) is 88.8 cm³/mol. The maximum Gasteiger partial charge on any atom is 0.306 e. The molecule has 0 bridgehead atoms. The molecule has 1 aliphatic rings. The summed E-state index contributed by atoms with van der Waals surface area (Å²) in [4.78, 5) is 27.6. The predicted octanol–water partition coefficient (Wildman–Crippen LogP) is 3.45. The SMILES string of the molecule is O=C(N[C@H]1CC[C@@H](C(=O)O)C1)c1csc(-c2cccc(Cl)c2)n1. The third kappa shape index (κ3) is 3.71. The lowest BCUT2D eigenvalue weighted by Gasteiger charge is -2.10. The average Bonchev–Trinajstić information content (AvgIpc) is 3.16. The lowest BCUT2D eigenvalue weighted by Crippen LogP contribution is -2.33. The highest BCUT2D eigenvalue weighted by molar-refractivity contribution is 7.13. The quantitative estimate of drug-likeness (QED) is 0.885. The van der Waals surface area contributed by atoms with Gasteiger partial charge in [0.05, 0.1) is 5.92 Å². The molecule has 1 aromatic carbocycles. The third-order valence-corrected chi connectivity index (χ3v) is 5.05. The topological polar surface area (TPSA) is 79.3 Å². The monoisotopic (exact) mass is 350 g/mol. The number of hydrogen-bond acceptors (Lipinski definition) is 4. The number of hydrogen-bond donors (Lipinski definition) is 2. The van der Waals surface area contributed by atoms with Crippen molar-refractivity contribution in [2.45, 2.75) is 25.3 Å². The lowest BCUT2D eigenvalue weighted by atomic mass is 10.1. The molecule has 1 heterocycles. The standard InChI is InChI=1S/C16H15ClN2O3S/c17-11-3-1-2-9(6-11)15-19-13(8-23-15)14(20)18-12-5-4-10(7-12)16(21)22/h1-3,6,8,10,12H,4-5,7H2,(H,18,20)(H,21,22)/t10-,12+/m1/s1. The van der Waals surface area contributed by atoms with Crippen LogP contribution in [0.25, 0.3) is 10.6 Å². The van der Waals surface area contributed by atoms with Gasteiger partial charge in [-0.25, -0.2) is 4.98 Å². The van der Waals surface area contributed by atoms with Crippen LogP contribution in [0.4, 0.5) is 0 Å². The Labute approximate surface area is 142 Å². The summed E-state index contributed by atoms with van der Waals surface area (Å²) in [5, 5.41) is 14.9. The van der Waals surface area contributed by atoms with Crippen LogP contribution in [0, 0.1) is 5.92 Å². The molecule has 2 atom stereocenters. The first-order valence-corrected chi connectivity index (χ1v) is 8.54. The number of carboxylic acid groups (broad SMARTS) is 1. The number of benzene rings is 1. The van der Waals surface area contributed by atoms with Crippen LogP contribution >= 0.6 is 22.9 Å². The van der Waals surface area contributed by atoms with E-state index in [2.05, 4.69) is 10.3 Å². The van der Waals surface area contributed by atoms with Crippen molar-refractivity contribution in [1.29, 1.82) is 0 Å². The van der Waals surface area contributed by atoms with Gasteiger partial charge in [0.15, 0.2) is 0 Å². The maximum absolute atomic E-state index is 12.2. The molecule has 1 aromatic heterocycles. The summed E-state index contributed by atoms with van der Waals surface area (Å²) >= 11 is 7.34. The molecule has 2 aromatic rings. The molecule has 120 valence electrons. The summed E-state index contributed by atoms with van der Waals surface area (Å²) in [5.41, 5.74) is 1.22. The normalized spacial score (nSPS) is 20.4. The molecule has 0 radical (unpaired) electrons. The van der Waals surface area contributed by atoms with Crippen LogP contribution in [0.5, 0.6) is 0 Å². The van der Waals surface area contributed by atoms with Crippen LogP contribution in [0.2, 0.25) is 5.02 Å². The molecule has 5 nitrogen and oxygen atoms in total. The van der Waals surface area contributed by atoms with Crippen LogP contribution < -0.4 is 5.32 Å². The fourth-order valence-corrected chi connectivity index (χ4v) is 3.72. The van der Waals surface area contributed by atoms with Gasteiger partial charge in [-0.1, -0.05) is 23.7 Å². The van der Waals surface area contributed by atoms with Gasteiger partial charge in [0.25, 0.3) is 5.91 Å². The molecule has 7 heteroatoms. The fourth-order valence-electron chi connectivity index (χ4n) is 2.73. The average molecular weight is 351 g/mol. The molecular weight excluding hydrogens is 336 g/mol. The zero-order valence-corrected chi connectivity index (χ0v) is 13.7. The van der Waals surface area contributed by atoms with Crippen molar-refractivity contribution in [3.63, 3.8) is 0 Å². The number of carbonyl (C=O) groups excluding carboxylic acids is 1. The van der Waals surface area contributed by atoms with Crippen LogP contribution in [0.15, 0.2) is 29.6 Å². The number of nitrogens with zero attached hydrogens (tertiary/aromatic N) is 1. The van der Waals surface area contributed by atoms with Crippen molar-refractivity contribution in [1.82, 2.24) is 10.3 Å². The highest BCUT2D eigenvalue weighted by Gasteiger charge is 2.31. The molecule has 2 N–H and O–H groups in total. The molecule has 1 saturated carbocycles. The minimum Gasteiger partial charge on any atom is -0.481 e. The second kappa shape index (κ2) is 6.68. The van der Waals surface area contributed by atoms with E-state index in [-0.39, 0.29) is 17.9 Å². The van der Waals surface area contributed by atoms with Gasteiger partial charge in [0, 0.05) is 22.0 Å². The number of rotatable bonds is 4. The van der Waals surface area contributed by atoms with E-state index < -0.39 is 5.97 Å². The molecule has 1 amide bonds. The first kappa shape index (κ1) is 16.0. The molecule has 0 saturated heterocycles. The van der Waals surface area contributed by atoms with Crippen molar-refractivity contribution < 1.29 is 14.7 Å². The Morgan fingerprint density at radius 3 is 2.87 bits per heavy atom. The molecule has 23 heavy (non-hydrogen) atoms. The van der Waals surface area contributed by atoms with E-state index in [1.807, 2.05) is 12.1 Å². The summed E-state index contributed by atoms with van der Waals surface area (Å²) < 4.78 is 0. The van der Waals surface area contributed by atoms with E-state index in [0.29, 0.717) is 30.0 Å². The summed E-state index contributed by atoms with van der Waals surface area (Å²) in [5.74, 6) is -1.41. The van der Waals surface area contributed by atoms with Crippen molar-refractivity contribution >= 4 is 34.8 Å². The van der Waals surface area contributed by atoms with E-state index in [0.717, 1.165) is 10.6 Å². The molecule has 3 rings (SSSR count).